The van der Waals surface area contributed by atoms with Gasteiger partial charge in [0.15, 0.2) is 0 Å². The summed E-state index contributed by atoms with van der Waals surface area (Å²) in [7, 11) is 0. The Morgan fingerprint density at radius 2 is 1.89 bits per heavy atom. The maximum Gasteiger partial charge on any atom is 0.0375 e. The van der Waals surface area contributed by atoms with E-state index in [1.165, 1.54) is 37.8 Å². The third-order valence-corrected chi connectivity index (χ3v) is 5.53. The van der Waals surface area contributed by atoms with Gasteiger partial charge in [-0.3, -0.25) is 0 Å². The van der Waals surface area contributed by atoms with Crippen LogP contribution in [0.3, 0.4) is 0 Å². The summed E-state index contributed by atoms with van der Waals surface area (Å²) in [5.74, 6) is 3.62. The van der Waals surface area contributed by atoms with Gasteiger partial charge in [0, 0.05) is 12.2 Å². The van der Waals surface area contributed by atoms with Gasteiger partial charge in [0.1, 0.15) is 0 Å². The van der Waals surface area contributed by atoms with Crippen LogP contribution in [0.1, 0.15) is 57.4 Å². The van der Waals surface area contributed by atoms with E-state index in [4.69, 9.17) is 0 Å². The minimum Gasteiger partial charge on any atom is -0.385 e. The Balaban J connectivity index is 1.68. The van der Waals surface area contributed by atoms with Crippen LogP contribution < -0.4 is 5.32 Å². The van der Waals surface area contributed by atoms with Crippen LogP contribution in [0.15, 0.2) is 24.3 Å². The van der Waals surface area contributed by atoms with Crippen LogP contribution in [0.2, 0.25) is 0 Å². The zero-order chi connectivity index (χ0) is 13.2. The lowest BCUT2D eigenvalue weighted by Crippen LogP contribution is -2.24. The topological polar surface area (TPSA) is 12.0 Å². The van der Waals surface area contributed by atoms with Crippen LogP contribution in [-0.4, -0.2) is 6.54 Å². The minimum absolute atomic E-state index is 0.794. The van der Waals surface area contributed by atoms with Crippen LogP contribution in [0.5, 0.6) is 0 Å². The van der Waals surface area contributed by atoms with Gasteiger partial charge < -0.3 is 5.32 Å². The van der Waals surface area contributed by atoms with Gasteiger partial charge in [-0.1, -0.05) is 44.9 Å². The lowest BCUT2D eigenvalue weighted by molar-refractivity contribution is 0.191. The largest absolute Gasteiger partial charge is 0.385 e. The van der Waals surface area contributed by atoms with Crippen molar-refractivity contribution in [2.24, 2.45) is 17.8 Å². The molecule has 4 unspecified atom stereocenters. The molecule has 0 aromatic heterocycles. The summed E-state index contributed by atoms with van der Waals surface area (Å²) in [5.41, 5.74) is 2.95. The van der Waals surface area contributed by atoms with Crippen molar-refractivity contribution >= 4 is 5.69 Å². The molecule has 1 N–H and O–H groups in total. The molecule has 2 aliphatic rings. The third kappa shape index (κ3) is 2.80. The molecule has 4 atom stereocenters. The molecule has 1 nitrogen and oxygen atoms in total. The number of hydrogen-bond donors (Lipinski definition) is 1. The molecule has 1 fully saturated rings. The van der Waals surface area contributed by atoms with Crippen molar-refractivity contribution in [1.29, 1.82) is 0 Å². The SMILES string of the molecule is CC1CCC(CC2CCNc3ccccc32)CC1C. The summed E-state index contributed by atoms with van der Waals surface area (Å²) in [6, 6.07) is 8.93. The first-order valence-corrected chi connectivity index (χ1v) is 8.07. The number of nitrogens with one attached hydrogen (secondary N) is 1. The van der Waals surface area contributed by atoms with Gasteiger partial charge in [-0.2, -0.15) is 0 Å². The van der Waals surface area contributed by atoms with Crippen molar-refractivity contribution in [2.75, 3.05) is 11.9 Å². The van der Waals surface area contributed by atoms with Crippen molar-refractivity contribution in [3.8, 4) is 0 Å². The molecule has 1 saturated carbocycles. The van der Waals surface area contributed by atoms with Crippen LogP contribution >= 0.6 is 0 Å². The fourth-order valence-electron chi connectivity index (χ4n) is 4.07. The van der Waals surface area contributed by atoms with Gasteiger partial charge in [-0.25, -0.2) is 0 Å². The molecule has 0 spiro atoms. The van der Waals surface area contributed by atoms with E-state index in [-0.39, 0.29) is 0 Å². The molecule has 1 aliphatic heterocycles. The average Bonchev–Trinajstić information content (AvgIpc) is 2.43. The summed E-state index contributed by atoms with van der Waals surface area (Å²) >= 11 is 0. The molecule has 104 valence electrons. The fraction of sp³-hybridized carbons (Fsp3) is 0.667. The second-order valence-corrected chi connectivity index (χ2v) is 6.87. The van der Waals surface area contributed by atoms with Crippen LogP contribution in [0.25, 0.3) is 0 Å². The second-order valence-electron chi connectivity index (χ2n) is 6.87. The molecule has 19 heavy (non-hydrogen) atoms. The Morgan fingerprint density at radius 1 is 1.05 bits per heavy atom. The molecular formula is C18H27N. The Morgan fingerprint density at radius 3 is 2.74 bits per heavy atom. The monoisotopic (exact) mass is 257 g/mol. The predicted molar refractivity (Wildman–Crippen MR) is 82.6 cm³/mol. The first-order chi connectivity index (χ1) is 9.24. The molecule has 1 aromatic rings. The van der Waals surface area contributed by atoms with Crippen molar-refractivity contribution in [3.05, 3.63) is 29.8 Å². The molecule has 0 saturated heterocycles. The first-order valence-electron chi connectivity index (χ1n) is 8.07. The number of benzene rings is 1. The highest BCUT2D eigenvalue weighted by atomic mass is 14.9. The third-order valence-electron chi connectivity index (χ3n) is 5.53. The Hall–Kier alpha value is -0.980. The summed E-state index contributed by atoms with van der Waals surface area (Å²) in [6.45, 7) is 6.04. The van der Waals surface area contributed by atoms with Crippen LogP contribution in [-0.2, 0) is 0 Å². The lowest BCUT2D eigenvalue weighted by atomic mass is 9.71. The van der Waals surface area contributed by atoms with Crippen molar-refractivity contribution in [2.45, 2.75) is 51.9 Å². The van der Waals surface area contributed by atoms with Gasteiger partial charge >= 0.3 is 0 Å². The van der Waals surface area contributed by atoms with Gasteiger partial charge in [-0.05, 0) is 54.6 Å². The smallest absolute Gasteiger partial charge is 0.0375 e. The summed E-state index contributed by atoms with van der Waals surface area (Å²) < 4.78 is 0. The highest BCUT2D eigenvalue weighted by molar-refractivity contribution is 5.54. The molecule has 1 aliphatic carbocycles. The van der Waals surface area contributed by atoms with Crippen molar-refractivity contribution < 1.29 is 0 Å². The van der Waals surface area contributed by atoms with Gasteiger partial charge in [0.05, 0.1) is 0 Å². The van der Waals surface area contributed by atoms with Gasteiger partial charge in [0.25, 0.3) is 0 Å². The average molecular weight is 257 g/mol. The standard InChI is InChI=1S/C18H27N/c1-13-7-8-15(11-14(13)2)12-16-9-10-19-18-6-4-3-5-17(16)18/h3-6,13-16,19H,7-12H2,1-2H3. The van der Waals surface area contributed by atoms with Gasteiger partial charge in [-0.15, -0.1) is 0 Å². The van der Waals surface area contributed by atoms with E-state index in [1.54, 1.807) is 5.56 Å². The second kappa shape index (κ2) is 5.56. The normalized spacial score (nSPS) is 34.4. The lowest BCUT2D eigenvalue weighted by Gasteiger charge is -2.35. The Bertz CT molecular complexity index is 425. The number of fused-ring (bicyclic) bond motifs is 1. The van der Waals surface area contributed by atoms with Gasteiger partial charge in [0.2, 0.25) is 0 Å². The molecule has 1 heteroatoms. The zero-order valence-corrected chi connectivity index (χ0v) is 12.4. The maximum absolute atomic E-state index is 3.55. The molecule has 0 amide bonds. The Kier molecular flexibility index (Phi) is 3.81. The van der Waals surface area contributed by atoms with Crippen molar-refractivity contribution in [3.63, 3.8) is 0 Å². The number of para-hydroxylation sites is 1. The molecule has 0 bridgehead atoms. The molecule has 3 rings (SSSR count). The summed E-state index contributed by atoms with van der Waals surface area (Å²) in [4.78, 5) is 0. The van der Waals surface area contributed by atoms with Crippen LogP contribution in [0.4, 0.5) is 5.69 Å². The summed E-state index contributed by atoms with van der Waals surface area (Å²) in [6.07, 6.45) is 7.08. The molecule has 0 radical (unpaired) electrons. The molecule has 1 aromatic carbocycles. The summed E-state index contributed by atoms with van der Waals surface area (Å²) in [5, 5.41) is 3.55. The van der Waals surface area contributed by atoms with E-state index in [0.29, 0.717) is 0 Å². The quantitative estimate of drug-likeness (QED) is 0.782. The van der Waals surface area contributed by atoms with E-state index < -0.39 is 0 Å². The Labute approximate surface area is 117 Å². The highest BCUT2D eigenvalue weighted by Crippen LogP contribution is 2.41. The van der Waals surface area contributed by atoms with E-state index in [9.17, 15) is 0 Å². The maximum atomic E-state index is 3.55. The number of anilines is 1. The zero-order valence-electron chi connectivity index (χ0n) is 12.4. The first kappa shape index (κ1) is 13.0. The minimum atomic E-state index is 0.794. The van der Waals surface area contributed by atoms with E-state index in [2.05, 4.69) is 43.4 Å². The van der Waals surface area contributed by atoms with E-state index in [1.807, 2.05) is 0 Å². The fourth-order valence-corrected chi connectivity index (χ4v) is 4.07. The predicted octanol–water partition coefficient (Wildman–Crippen LogP) is 5.05. The van der Waals surface area contributed by atoms with Crippen LogP contribution in [0, 0.1) is 17.8 Å². The number of hydrogen-bond acceptors (Lipinski definition) is 1. The van der Waals surface area contributed by atoms with E-state index in [0.717, 1.165) is 30.2 Å². The molecule has 1 heterocycles. The highest BCUT2D eigenvalue weighted by Gasteiger charge is 2.28. The molecular weight excluding hydrogens is 230 g/mol. The van der Waals surface area contributed by atoms with Crippen molar-refractivity contribution in [1.82, 2.24) is 0 Å². The van der Waals surface area contributed by atoms with E-state index >= 15 is 0 Å². The number of rotatable bonds is 2.